The van der Waals surface area contributed by atoms with E-state index in [1.165, 1.54) is 6.42 Å². The van der Waals surface area contributed by atoms with Crippen LogP contribution in [0.15, 0.2) is 11.3 Å². The van der Waals surface area contributed by atoms with Gasteiger partial charge in [-0.25, -0.2) is 0 Å². The number of hydrogen-bond acceptors (Lipinski definition) is 0. The molecule has 4 aliphatic rings. The van der Waals surface area contributed by atoms with E-state index in [0.29, 0.717) is 5.41 Å². The normalized spacial score (nSPS) is 38.9. The van der Waals surface area contributed by atoms with Crippen molar-refractivity contribution in [3.63, 3.8) is 0 Å². The highest BCUT2D eigenvalue weighted by Crippen LogP contribution is 2.66. The van der Waals surface area contributed by atoms with E-state index in [2.05, 4.69) is 66.1 Å². The van der Waals surface area contributed by atoms with E-state index in [0.717, 1.165) is 29.0 Å². The average molecular weight is 351 g/mol. The summed E-state index contributed by atoms with van der Waals surface area (Å²) in [4.78, 5) is 0. The van der Waals surface area contributed by atoms with Gasteiger partial charge in [-0.05, 0) is 34.5 Å². The second kappa shape index (κ2) is 4.93. The van der Waals surface area contributed by atoms with Crippen molar-refractivity contribution in [3.05, 3.63) is 11.3 Å². The van der Waals surface area contributed by atoms with Crippen LogP contribution in [-0.2, 0) is 0 Å². The fraction of sp³-hybridized carbons (Fsp3) is 0.842. The molecule has 0 aromatic rings. The van der Waals surface area contributed by atoms with Crippen molar-refractivity contribution >= 4 is 29.6 Å². The maximum Gasteiger partial charge on any atom is 0.0733 e. The Kier molecular flexibility index (Phi) is 3.85. The number of allylic oxidation sites excluding steroid dienone is 2. The fourth-order valence-corrected chi connectivity index (χ4v) is 13.0. The lowest BCUT2D eigenvalue weighted by molar-refractivity contribution is 0.138. The zero-order chi connectivity index (χ0) is 16.7. The van der Waals surface area contributed by atoms with Gasteiger partial charge < -0.3 is 0 Å². The zero-order valence-electron chi connectivity index (χ0n) is 16.1. The predicted molar refractivity (Wildman–Crippen MR) is 109 cm³/mol. The van der Waals surface area contributed by atoms with Crippen LogP contribution >= 0.6 is 8.20 Å². The van der Waals surface area contributed by atoms with Gasteiger partial charge in [-0.2, -0.15) is 0 Å². The van der Waals surface area contributed by atoms with Gasteiger partial charge in [0.15, 0.2) is 0 Å². The lowest BCUT2D eigenvalue weighted by Crippen LogP contribution is -2.59. The molecule has 0 nitrogen and oxygen atoms in total. The molecule has 0 amide bonds. The Bertz CT molecular complexity index is 539. The minimum absolute atomic E-state index is 0.390. The highest BCUT2D eigenvalue weighted by Gasteiger charge is 2.59. The molecule has 124 valence electrons. The molecular formula is C19H35PSi2. The lowest BCUT2D eigenvalue weighted by atomic mass is 9.59. The van der Waals surface area contributed by atoms with Gasteiger partial charge in [-0.3, -0.25) is 0 Å². The first-order chi connectivity index (χ1) is 9.82. The molecule has 4 rings (SSSR count). The van der Waals surface area contributed by atoms with Gasteiger partial charge in [-0.1, -0.05) is 79.5 Å². The van der Waals surface area contributed by atoms with E-state index >= 15 is 0 Å². The van der Waals surface area contributed by atoms with Crippen molar-refractivity contribution in [2.75, 3.05) is 0 Å². The zero-order valence-corrected chi connectivity index (χ0v) is 19.0. The summed E-state index contributed by atoms with van der Waals surface area (Å²) in [5.41, 5.74) is 2.36. The third-order valence-electron chi connectivity index (χ3n) is 6.33. The van der Waals surface area contributed by atoms with E-state index in [4.69, 9.17) is 0 Å². The van der Waals surface area contributed by atoms with Crippen molar-refractivity contribution in [1.29, 1.82) is 0 Å². The molecule has 1 fully saturated rings. The molecule has 0 aromatic carbocycles. The number of rotatable bonds is 2. The van der Waals surface area contributed by atoms with Gasteiger partial charge in [0.05, 0.1) is 8.07 Å². The van der Waals surface area contributed by atoms with Crippen LogP contribution in [0.1, 0.15) is 27.2 Å². The summed E-state index contributed by atoms with van der Waals surface area (Å²) in [6.45, 7) is 22.9. The van der Waals surface area contributed by atoms with Gasteiger partial charge in [0, 0.05) is 19.7 Å². The van der Waals surface area contributed by atoms with E-state index in [1.807, 2.05) is 10.5 Å². The third kappa shape index (κ3) is 2.58. The minimum Gasteiger partial charge on any atom is -0.0964 e. The molecule has 0 N–H and O–H groups in total. The van der Waals surface area contributed by atoms with Gasteiger partial charge >= 0.3 is 0 Å². The van der Waals surface area contributed by atoms with Crippen LogP contribution < -0.4 is 0 Å². The van der Waals surface area contributed by atoms with E-state index < -0.39 is 16.1 Å². The van der Waals surface area contributed by atoms with Crippen LogP contribution in [-0.4, -0.2) is 27.1 Å². The Morgan fingerprint density at radius 2 is 1.64 bits per heavy atom. The molecule has 0 radical (unpaired) electrons. The third-order valence-corrected chi connectivity index (χ3v) is 13.8. The molecule has 1 saturated carbocycles. The quantitative estimate of drug-likeness (QED) is 0.404. The van der Waals surface area contributed by atoms with Crippen LogP contribution in [0.3, 0.4) is 0 Å². The summed E-state index contributed by atoms with van der Waals surface area (Å²) in [7, 11) is -0.451. The van der Waals surface area contributed by atoms with E-state index in [1.54, 1.807) is 8.20 Å². The molecule has 3 heteroatoms. The highest BCUT2D eigenvalue weighted by atomic mass is 31.1. The first-order valence-electron chi connectivity index (χ1n) is 9.12. The topological polar surface area (TPSA) is 0 Å². The maximum absolute atomic E-state index is 2.79. The van der Waals surface area contributed by atoms with Gasteiger partial charge in [0.1, 0.15) is 0 Å². The SMILES string of the molecule is CC(C)(C)C1=PC2C([Si](C)(C)C)=CC1C1CC([Si](C)(C)C)C21. The molecule has 22 heavy (non-hydrogen) atoms. The number of hydrogen-bond donors (Lipinski definition) is 0. The van der Waals surface area contributed by atoms with Crippen molar-refractivity contribution in [1.82, 2.24) is 0 Å². The average Bonchev–Trinajstić information content (AvgIpc) is 2.22. The molecule has 0 saturated heterocycles. The molecular weight excluding hydrogens is 315 g/mol. The predicted octanol–water partition coefficient (Wildman–Crippen LogP) is 6.31. The molecule has 0 aromatic heterocycles. The Labute approximate surface area is 142 Å². The smallest absolute Gasteiger partial charge is 0.0733 e. The summed E-state index contributed by atoms with van der Waals surface area (Å²) >= 11 is 0. The minimum atomic E-state index is -1.17. The summed E-state index contributed by atoms with van der Waals surface area (Å²) < 4.78 is 0. The largest absolute Gasteiger partial charge is 0.0964 e. The fourth-order valence-electron chi connectivity index (χ4n) is 5.16. The summed E-state index contributed by atoms with van der Waals surface area (Å²) in [5, 5.41) is 3.78. The lowest BCUT2D eigenvalue weighted by Gasteiger charge is -2.63. The first kappa shape index (κ1) is 17.2. The van der Waals surface area contributed by atoms with Crippen LogP contribution in [0.4, 0.5) is 0 Å². The summed E-state index contributed by atoms with van der Waals surface area (Å²) in [6.07, 6.45) is 4.32. The molecule has 0 spiro atoms. The molecule has 2 aliphatic carbocycles. The second-order valence-electron chi connectivity index (χ2n) is 11.1. The van der Waals surface area contributed by atoms with Gasteiger partial charge in [0.2, 0.25) is 0 Å². The first-order valence-corrected chi connectivity index (χ1v) is 17.2. The Balaban J connectivity index is 2.03. The Morgan fingerprint density at radius 3 is 2.09 bits per heavy atom. The second-order valence-corrected chi connectivity index (χ2v) is 22.9. The standard InChI is InChI=1S/C19H35PSi2/c1-19(2,3)18-13-11-15(22(7,8)9)17(20-18)16-12(13)10-14(16)21(4,5)6/h11-14,16-17H,10H2,1-9H3. The molecule has 2 heterocycles. The summed E-state index contributed by atoms with van der Waals surface area (Å²) in [6, 6.07) is 0. The van der Waals surface area contributed by atoms with Crippen LogP contribution in [0.25, 0.3) is 0 Å². The summed E-state index contributed by atoms with van der Waals surface area (Å²) in [5.74, 6) is 2.85. The van der Waals surface area contributed by atoms with E-state index in [9.17, 15) is 0 Å². The van der Waals surface area contributed by atoms with Gasteiger partial charge in [0.25, 0.3) is 0 Å². The van der Waals surface area contributed by atoms with Gasteiger partial charge in [-0.15, -0.1) is 0 Å². The van der Waals surface area contributed by atoms with Crippen molar-refractivity contribution in [3.8, 4) is 0 Å². The van der Waals surface area contributed by atoms with E-state index in [-0.39, 0.29) is 0 Å². The molecule has 2 aliphatic heterocycles. The highest BCUT2D eigenvalue weighted by molar-refractivity contribution is 7.42. The Morgan fingerprint density at radius 1 is 1.05 bits per heavy atom. The van der Waals surface area contributed by atoms with Crippen molar-refractivity contribution < 1.29 is 0 Å². The molecule has 2 bridgehead atoms. The maximum atomic E-state index is 2.79. The molecule has 5 atom stereocenters. The monoisotopic (exact) mass is 350 g/mol. The van der Waals surface area contributed by atoms with Crippen molar-refractivity contribution in [2.24, 2.45) is 23.2 Å². The van der Waals surface area contributed by atoms with Crippen molar-refractivity contribution in [2.45, 2.75) is 77.7 Å². The molecule has 5 unspecified atom stereocenters. The Hall–Kier alpha value is 0.344. The van der Waals surface area contributed by atoms with Crippen LogP contribution in [0, 0.1) is 23.2 Å². The van der Waals surface area contributed by atoms with Crippen LogP contribution in [0.2, 0.25) is 44.8 Å². The van der Waals surface area contributed by atoms with Crippen LogP contribution in [0.5, 0.6) is 0 Å².